The number of aryl methyl sites for hydroxylation is 1. The van der Waals surface area contributed by atoms with E-state index in [0.717, 1.165) is 12.3 Å². The lowest BCUT2D eigenvalue weighted by molar-refractivity contribution is -0.114. The Morgan fingerprint density at radius 2 is 2.00 bits per heavy atom. The van der Waals surface area contributed by atoms with Crippen molar-refractivity contribution in [1.82, 2.24) is 4.72 Å². The SMILES string of the molecule is CC(=O)Nc1ccc(C)c(S(=O)(=O)NC(C)C2CC3CCC2C3)c1. The number of rotatable bonds is 5. The molecule has 2 saturated carbocycles. The van der Waals surface area contributed by atoms with Gasteiger partial charge in [0.1, 0.15) is 0 Å². The van der Waals surface area contributed by atoms with Crippen molar-refractivity contribution in [3.8, 4) is 0 Å². The molecule has 2 bridgehead atoms. The Balaban J connectivity index is 1.78. The number of amides is 1. The minimum atomic E-state index is -3.60. The van der Waals surface area contributed by atoms with E-state index in [1.54, 1.807) is 19.1 Å². The molecule has 2 N–H and O–H groups in total. The molecule has 1 amide bonds. The van der Waals surface area contributed by atoms with Crippen LogP contribution in [0.2, 0.25) is 0 Å². The number of benzene rings is 1. The van der Waals surface area contributed by atoms with E-state index in [1.807, 2.05) is 6.92 Å². The maximum atomic E-state index is 12.8. The summed E-state index contributed by atoms with van der Waals surface area (Å²) in [5, 5.41) is 2.64. The predicted molar refractivity (Wildman–Crippen MR) is 94.2 cm³/mol. The molecular formula is C18H26N2O3S. The number of hydrogen-bond donors (Lipinski definition) is 2. The Bertz CT molecular complexity index is 745. The van der Waals surface area contributed by atoms with Crippen molar-refractivity contribution in [2.75, 3.05) is 5.32 Å². The van der Waals surface area contributed by atoms with Gasteiger partial charge in [0.15, 0.2) is 0 Å². The monoisotopic (exact) mass is 350 g/mol. The van der Waals surface area contributed by atoms with Gasteiger partial charge in [-0.3, -0.25) is 4.79 Å². The van der Waals surface area contributed by atoms with E-state index in [0.29, 0.717) is 23.1 Å². The molecule has 4 unspecified atom stereocenters. The molecule has 0 saturated heterocycles. The van der Waals surface area contributed by atoms with Crippen molar-refractivity contribution in [1.29, 1.82) is 0 Å². The summed E-state index contributed by atoms with van der Waals surface area (Å²) in [4.78, 5) is 11.4. The summed E-state index contributed by atoms with van der Waals surface area (Å²) >= 11 is 0. The highest BCUT2D eigenvalue weighted by Gasteiger charge is 2.42. The van der Waals surface area contributed by atoms with Gasteiger partial charge >= 0.3 is 0 Å². The Morgan fingerprint density at radius 3 is 2.58 bits per heavy atom. The van der Waals surface area contributed by atoms with Crippen LogP contribution in [0.4, 0.5) is 5.69 Å². The highest BCUT2D eigenvalue weighted by atomic mass is 32.2. The zero-order chi connectivity index (χ0) is 17.5. The Kier molecular flexibility index (Phi) is 4.71. The fraction of sp³-hybridized carbons (Fsp3) is 0.611. The van der Waals surface area contributed by atoms with Crippen LogP contribution in [0.5, 0.6) is 0 Å². The van der Waals surface area contributed by atoms with Crippen LogP contribution in [0.3, 0.4) is 0 Å². The number of carbonyl (C=O) groups excluding carboxylic acids is 1. The second-order valence-corrected chi connectivity index (χ2v) is 9.09. The molecule has 4 atom stereocenters. The molecule has 0 aliphatic heterocycles. The van der Waals surface area contributed by atoms with Gasteiger partial charge in [0, 0.05) is 18.7 Å². The lowest BCUT2D eigenvalue weighted by atomic mass is 9.84. The normalized spacial score (nSPS) is 27.2. The van der Waals surface area contributed by atoms with Crippen molar-refractivity contribution in [2.45, 2.75) is 57.4 Å². The van der Waals surface area contributed by atoms with Gasteiger partial charge in [0.2, 0.25) is 15.9 Å². The van der Waals surface area contributed by atoms with Gasteiger partial charge in [-0.2, -0.15) is 0 Å². The van der Waals surface area contributed by atoms with E-state index in [-0.39, 0.29) is 16.8 Å². The number of sulfonamides is 1. The zero-order valence-corrected chi connectivity index (χ0v) is 15.3. The summed E-state index contributed by atoms with van der Waals surface area (Å²) < 4.78 is 28.6. The molecule has 132 valence electrons. The molecule has 2 aliphatic rings. The molecule has 5 nitrogen and oxygen atoms in total. The van der Waals surface area contributed by atoms with Crippen LogP contribution in [0.25, 0.3) is 0 Å². The third-order valence-electron chi connectivity index (χ3n) is 5.57. The molecule has 3 rings (SSSR count). The highest BCUT2D eigenvalue weighted by molar-refractivity contribution is 7.89. The van der Waals surface area contributed by atoms with E-state index >= 15 is 0 Å². The topological polar surface area (TPSA) is 75.3 Å². The smallest absolute Gasteiger partial charge is 0.241 e. The number of hydrogen-bond acceptors (Lipinski definition) is 3. The Labute approximate surface area is 144 Å². The van der Waals surface area contributed by atoms with E-state index < -0.39 is 10.0 Å². The summed E-state index contributed by atoms with van der Waals surface area (Å²) in [6.07, 6.45) is 4.93. The first kappa shape index (κ1) is 17.4. The first-order valence-corrected chi connectivity index (χ1v) is 10.1. The molecule has 1 aromatic rings. The molecule has 24 heavy (non-hydrogen) atoms. The van der Waals surface area contributed by atoms with Crippen LogP contribution in [0.15, 0.2) is 23.1 Å². The number of anilines is 1. The second kappa shape index (κ2) is 6.48. The zero-order valence-electron chi connectivity index (χ0n) is 14.5. The Hall–Kier alpha value is -1.40. The predicted octanol–water partition coefficient (Wildman–Crippen LogP) is 3.06. The summed E-state index contributed by atoms with van der Waals surface area (Å²) in [5.74, 6) is 1.68. The molecule has 0 spiro atoms. The van der Waals surface area contributed by atoms with Crippen LogP contribution in [0, 0.1) is 24.7 Å². The van der Waals surface area contributed by atoms with Crippen molar-refractivity contribution < 1.29 is 13.2 Å². The molecule has 2 aliphatic carbocycles. The minimum absolute atomic E-state index is 0.0610. The van der Waals surface area contributed by atoms with E-state index in [1.165, 1.54) is 32.3 Å². The molecule has 0 radical (unpaired) electrons. The summed E-state index contributed by atoms with van der Waals surface area (Å²) in [6.45, 7) is 5.16. The van der Waals surface area contributed by atoms with Crippen LogP contribution in [0.1, 0.15) is 45.1 Å². The van der Waals surface area contributed by atoms with Crippen molar-refractivity contribution in [2.24, 2.45) is 17.8 Å². The summed E-state index contributed by atoms with van der Waals surface area (Å²) in [5.41, 5.74) is 1.18. The maximum absolute atomic E-state index is 12.8. The molecule has 0 heterocycles. The molecule has 6 heteroatoms. The summed E-state index contributed by atoms with van der Waals surface area (Å²) in [6, 6.07) is 4.91. The average molecular weight is 350 g/mol. The average Bonchev–Trinajstić information content (AvgIpc) is 3.11. The van der Waals surface area contributed by atoms with Gasteiger partial charge in [-0.25, -0.2) is 13.1 Å². The second-order valence-electron chi connectivity index (χ2n) is 7.41. The maximum Gasteiger partial charge on any atom is 0.241 e. The van der Waals surface area contributed by atoms with Gasteiger partial charge < -0.3 is 5.32 Å². The minimum Gasteiger partial charge on any atom is -0.326 e. The first-order valence-electron chi connectivity index (χ1n) is 8.67. The van der Waals surface area contributed by atoms with Crippen LogP contribution in [-0.4, -0.2) is 20.4 Å². The molecule has 2 fully saturated rings. The molecule has 0 aromatic heterocycles. The van der Waals surface area contributed by atoms with Gasteiger partial charge in [-0.05, 0) is 68.6 Å². The van der Waals surface area contributed by atoms with Gasteiger partial charge in [0.25, 0.3) is 0 Å². The van der Waals surface area contributed by atoms with E-state index in [4.69, 9.17) is 0 Å². The largest absolute Gasteiger partial charge is 0.326 e. The van der Waals surface area contributed by atoms with Crippen LogP contribution >= 0.6 is 0 Å². The van der Waals surface area contributed by atoms with Crippen molar-refractivity contribution >= 4 is 21.6 Å². The van der Waals surface area contributed by atoms with Crippen molar-refractivity contribution in [3.05, 3.63) is 23.8 Å². The van der Waals surface area contributed by atoms with Crippen molar-refractivity contribution in [3.63, 3.8) is 0 Å². The summed E-state index contributed by atoms with van der Waals surface area (Å²) in [7, 11) is -3.60. The van der Waals surface area contributed by atoms with Gasteiger partial charge in [0.05, 0.1) is 4.90 Å². The number of nitrogens with one attached hydrogen (secondary N) is 2. The molecule has 1 aromatic carbocycles. The van der Waals surface area contributed by atoms with Crippen LogP contribution < -0.4 is 10.0 Å². The van der Waals surface area contributed by atoms with E-state index in [2.05, 4.69) is 10.0 Å². The third-order valence-corrected chi connectivity index (χ3v) is 7.28. The number of carbonyl (C=O) groups is 1. The van der Waals surface area contributed by atoms with Gasteiger partial charge in [-0.15, -0.1) is 0 Å². The Morgan fingerprint density at radius 1 is 1.25 bits per heavy atom. The molecular weight excluding hydrogens is 324 g/mol. The highest BCUT2D eigenvalue weighted by Crippen LogP contribution is 2.49. The third kappa shape index (κ3) is 3.49. The lowest BCUT2D eigenvalue weighted by Crippen LogP contribution is -2.40. The first-order chi connectivity index (χ1) is 11.3. The quantitative estimate of drug-likeness (QED) is 0.857. The fourth-order valence-corrected chi connectivity index (χ4v) is 6.04. The van der Waals surface area contributed by atoms with E-state index in [9.17, 15) is 13.2 Å². The van der Waals surface area contributed by atoms with Gasteiger partial charge in [-0.1, -0.05) is 12.5 Å². The lowest BCUT2D eigenvalue weighted by Gasteiger charge is -2.28. The van der Waals surface area contributed by atoms with Crippen LogP contribution in [-0.2, 0) is 14.8 Å². The number of fused-ring (bicyclic) bond motifs is 2. The fourth-order valence-electron chi connectivity index (χ4n) is 4.47. The standard InChI is InChI=1S/C18H26N2O3S/c1-11-4-7-16(19-13(3)21)10-18(11)24(22,23)20-12(2)17-9-14-5-6-15(17)8-14/h4,7,10,12,14-15,17,20H,5-6,8-9H2,1-3H3,(H,19,21).